The molecule has 0 aliphatic heterocycles. The van der Waals surface area contributed by atoms with Gasteiger partial charge in [-0.3, -0.25) is 0 Å². The minimum absolute atomic E-state index is 1.08. The number of hydrogen-bond donors (Lipinski definition) is 0. The third-order valence-corrected chi connectivity index (χ3v) is 17.4. The molecule has 0 saturated heterocycles. The Balaban J connectivity index is 0.711. The van der Waals surface area contributed by atoms with Crippen molar-refractivity contribution in [2.75, 3.05) is 4.90 Å². The third kappa shape index (κ3) is 9.09. The first-order valence-electron chi connectivity index (χ1n) is 29.6. The van der Waals surface area contributed by atoms with Crippen LogP contribution in [0.15, 0.2) is 340 Å². The Morgan fingerprint density at radius 2 is 0.500 bits per heavy atom. The van der Waals surface area contributed by atoms with E-state index >= 15 is 0 Å². The van der Waals surface area contributed by atoms with E-state index < -0.39 is 0 Å². The van der Waals surface area contributed by atoms with Crippen LogP contribution in [0, 0.1) is 0 Å². The lowest BCUT2D eigenvalue weighted by molar-refractivity contribution is 1.18. The quantitative estimate of drug-likeness (QED) is 0.117. The highest BCUT2D eigenvalue weighted by Crippen LogP contribution is 2.45. The molecule has 0 atom stereocenters. The predicted molar refractivity (Wildman–Crippen MR) is 366 cm³/mol. The van der Waals surface area contributed by atoms with Gasteiger partial charge in [0.15, 0.2) is 0 Å². The summed E-state index contributed by atoms with van der Waals surface area (Å²) in [6.45, 7) is 0. The van der Waals surface area contributed by atoms with E-state index in [9.17, 15) is 0 Å². The number of anilines is 3. The van der Waals surface area contributed by atoms with Gasteiger partial charge in [0.05, 0.1) is 11.0 Å². The van der Waals surface area contributed by atoms with Crippen molar-refractivity contribution in [1.82, 2.24) is 4.57 Å². The molecule has 1 heterocycles. The summed E-state index contributed by atoms with van der Waals surface area (Å²) >= 11 is 0. The Hall–Kier alpha value is -11.3. The first-order valence-corrected chi connectivity index (χ1v) is 29.6. The van der Waals surface area contributed by atoms with Crippen molar-refractivity contribution in [3.05, 3.63) is 340 Å². The highest BCUT2D eigenvalue weighted by Gasteiger charge is 2.19. The molecule has 402 valence electrons. The number of rotatable bonds is 11. The maximum Gasteiger partial charge on any atom is 0.0541 e. The van der Waals surface area contributed by atoms with Crippen LogP contribution < -0.4 is 4.90 Å². The molecule has 0 aliphatic carbocycles. The van der Waals surface area contributed by atoms with E-state index in [1.165, 1.54) is 127 Å². The molecule has 0 fully saturated rings. The van der Waals surface area contributed by atoms with E-state index in [2.05, 4.69) is 349 Å². The van der Waals surface area contributed by atoms with Crippen LogP contribution in [0.1, 0.15) is 0 Å². The van der Waals surface area contributed by atoms with E-state index in [0.717, 1.165) is 28.2 Å². The highest BCUT2D eigenvalue weighted by molar-refractivity contribution is 6.21. The summed E-state index contributed by atoms with van der Waals surface area (Å²) in [6, 6.07) is 124. The van der Waals surface area contributed by atoms with Gasteiger partial charge in [0.2, 0.25) is 0 Å². The number of aromatic nitrogens is 1. The standard InChI is InChI=1S/C84H56N2/c1-3-16-66(17-4-1)83-76-22-9-11-24-78(76)84(79-25-12-10-23-77(79)83)67-38-35-60(36-39-67)63-45-52-74(53-46-63)85(72-48-41-61(42-49-72)58-27-31-64(32-28-58)69-40-37-57-15-7-8-18-68(57)55-69)73-50-43-62(44-51-73)59-29-33-65(34-30-59)70-47-54-82-80(56-70)75-21-13-14-26-81(75)86(82)71-19-5-2-6-20-71/h1-56H. The van der Waals surface area contributed by atoms with Crippen molar-refractivity contribution in [2.24, 2.45) is 0 Å². The summed E-state index contributed by atoms with van der Waals surface area (Å²) in [6.07, 6.45) is 0. The zero-order chi connectivity index (χ0) is 56.9. The second kappa shape index (κ2) is 21.5. The fraction of sp³-hybridized carbons (Fsp3) is 0. The van der Waals surface area contributed by atoms with Crippen molar-refractivity contribution < 1.29 is 0 Å². The molecule has 1 aromatic heterocycles. The Morgan fingerprint density at radius 3 is 0.977 bits per heavy atom. The van der Waals surface area contributed by atoms with Crippen LogP contribution in [0.25, 0.3) is 138 Å². The Labute approximate surface area is 501 Å². The van der Waals surface area contributed by atoms with Gasteiger partial charge >= 0.3 is 0 Å². The molecule has 15 aromatic carbocycles. The van der Waals surface area contributed by atoms with Gasteiger partial charge in [0.25, 0.3) is 0 Å². The molecule has 86 heavy (non-hydrogen) atoms. The lowest BCUT2D eigenvalue weighted by Crippen LogP contribution is -2.09. The first kappa shape index (κ1) is 50.4. The molecule has 2 heteroatoms. The van der Waals surface area contributed by atoms with Gasteiger partial charge in [-0.1, -0.05) is 267 Å². The van der Waals surface area contributed by atoms with Gasteiger partial charge in [-0.05, 0) is 183 Å². The zero-order valence-electron chi connectivity index (χ0n) is 47.2. The maximum absolute atomic E-state index is 2.37. The molecule has 0 amide bonds. The van der Waals surface area contributed by atoms with Gasteiger partial charge in [0, 0.05) is 33.5 Å². The van der Waals surface area contributed by atoms with E-state index in [1.54, 1.807) is 0 Å². The molecule has 16 aromatic rings. The van der Waals surface area contributed by atoms with E-state index in [1.807, 2.05) is 0 Å². The number of benzene rings is 15. The largest absolute Gasteiger partial charge is 0.311 e. The van der Waals surface area contributed by atoms with Crippen molar-refractivity contribution in [2.45, 2.75) is 0 Å². The molecule has 2 nitrogen and oxygen atoms in total. The van der Waals surface area contributed by atoms with Gasteiger partial charge in [-0.15, -0.1) is 0 Å². The number of fused-ring (bicyclic) bond motifs is 6. The summed E-state index contributed by atoms with van der Waals surface area (Å²) in [5.74, 6) is 0. The smallest absolute Gasteiger partial charge is 0.0541 e. The summed E-state index contributed by atoms with van der Waals surface area (Å²) in [4.78, 5) is 2.37. The van der Waals surface area contributed by atoms with Crippen LogP contribution >= 0.6 is 0 Å². The molecule has 16 rings (SSSR count). The molecule has 0 bridgehead atoms. The first-order chi connectivity index (χ1) is 42.6. The lowest BCUT2D eigenvalue weighted by atomic mass is 9.86. The van der Waals surface area contributed by atoms with Crippen molar-refractivity contribution in [1.29, 1.82) is 0 Å². The minimum Gasteiger partial charge on any atom is -0.311 e. The Morgan fingerprint density at radius 1 is 0.186 bits per heavy atom. The average molecular weight is 1090 g/mol. The monoisotopic (exact) mass is 1090 g/mol. The topological polar surface area (TPSA) is 8.17 Å². The second-order valence-electron chi connectivity index (χ2n) is 22.4. The summed E-state index contributed by atoms with van der Waals surface area (Å²) in [7, 11) is 0. The number of para-hydroxylation sites is 2. The second-order valence-corrected chi connectivity index (χ2v) is 22.4. The van der Waals surface area contributed by atoms with Crippen molar-refractivity contribution in [3.8, 4) is 83.6 Å². The molecule has 0 N–H and O–H groups in total. The van der Waals surface area contributed by atoms with Crippen molar-refractivity contribution >= 4 is 71.2 Å². The van der Waals surface area contributed by atoms with Crippen LogP contribution in [0.3, 0.4) is 0 Å². The molecule has 0 radical (unpaired) electrons. The molecular formula is C84H56N2. The van der Waals surface area contributed by atoms with Crippen LogP contribution in [-0.4, -0.2) is 4.57 Å². The van der Waals surface area contributed by atoms with E-state index in [0.29, 0.717) is 0 Å². The van der Waals surface area contributed by atoms with E-state index in [4.69, 9.17) is 0 Å². The molecule has 0 spiro atoms. The van der Waals surface area contributed by atoms with Crippen LogP contribution in [0.5, 0.6) is 0 Å². The maximum atomic E-state index is 2.37. The number of hydrogen-bond acceptors (Lipinski definition) is 1. The lowest BCUT2D eigenvalue weighted by Gasteiger charge is -2.26. The third-order valence-electron chi connectivity index (χ3n) is 17.4. The Bertz CT molecular complexity index is 5080. The minimum atomic E-state index is 1.08. The van der Waals surface area contributed by atoms with Crippen LogP contribution in [0.4, 0.5) is 17.1 Å². The van der Waals surface area contributed by atoms with Gasteiger partial charge < -0.3 is 9.47 Å². The zero-order valence-corrected chi connectivity index (χ0v) is 47.2. The van der Waals surface area contributed by atoms with Crippen LogP contribution in [0.2, 0.25) is 0 Å². The number of nitrogens with zero attached hydrogens (tertiary/aromatic N) is 2. The fourth-order valence-electron chi connectivity index (χ4n) is 13.1. The molecular weight excluding hydrogens is 1040 g/mol. The normalized spacial score (nSPS) is 11.5. The molecule has 0 saturated carbocycles. The summed E-state index contributed by atoms with van der Waals surface area (Å²) in [5.41, 5.74) is 23.6. The van der Waals surface area contributed by atoms with Gasteiger partial charge in [-0.25, -0.2) is 0 Å². The molecule has 0 unspecified atom stereocenters. The van der Waals surface area contributed by atoms with E-state index in [-0.39, 0.29) is 0 Å². The fourth-order valence-corrected chi connectivity index (χ4v) is 13.1. The summed E-state index contributed by atoms with van der Waals surface area (Å²) in [5, 5.41) is 10.0. The van der Waals surface area contributed by atoms with Crippen LogP contribution in [-0.2, 0) is 0 Å². The average Bonchev–Trinajstić information content (AvgIpc) is 1.34. The predicted octanol–water partition coefficient (Wildman–Crippen LogP) is 23.4. The van der Waals surface area contributed by atoms with Gasteiger partial charge in [-0.2, -0.15) is 0 Å². The highest BCUT2D eigenvalue weighted by atomic mass is 15.1. The van der Waals surface area contributed by atoms with Crippen molar-refractivity contribution in [3.63, 3.8) is 0 Å². The molecule has 0 aliphatic rings. The van der Waals surface area contributed by atoms with Gasteiger partial charge in [0.1, 0.15) is 0 Å². The SMILES string of the molecule is c1ccc(-c2c3ccccc3c(-c3ccc(-c4ccc(N(c5ccc(-c6ccc(-c7ccc8ccccc8c7)cc6)cc5)c5ccc(-c6ccc(-c7ccc8c(c7)c7ccccc7n8-c7ccccc7)cc6)cc5)cc4)cc3)c3ccccc23)cc1. The Kier molecular flexibility index (Phi) is 12.6. The summed E-state index contributed by atoms with van der Waals surface area (Å²) < 4.78 is 2.37.